The zero-order valence-electron chi connectivity index (χ0n) is 8.50. The zero-order chi connectivity index (χ0) is 10.1. The number of rotatable bonds is 1. The van der Waals surface area contributed by atoms with Gasteiger partial charge in [-0.15, -0.1) is 0 Å². The molecule has 0 aromatic carbocycles. The number of nitrogens with zero attached hydrogens (tertiary/aromatic N) is 2. The molecule has 0 spiro atoms. The highest BCUT2D eigenvalue weighted by atomic mass is 79.9. The maximum atomic E-state index is 4.29. The fourth-order valence-electron chi connectivity index (χ4n) is 1.05. The third-order valence-electron chi connectivity index (χ3n) is 2.41. The van der Waals surface area contributed by atoms with Crippen LogP contribution in [0.5, 0.6) is 0 Å². The molecule has 1 rings (SSSR count). The monoisotopic (exact) mass is 242 g/mol. The Bertz CT molecular complexity index is 291. The van der Waals surface area contributed by atoms with E-state index < -0.39 is 0 Å². The van der Waals surface area contributed by atoms with Crippen LogP contribution in [0.3, 0.4) is 0 Å². The summed E-state index contributed by atoms with van der Waals surface area (Å²) in [7, 11) is 0. The van der Waals surface area contributed by atoms with Gasteiger partial charge in [0.2, 0.25) is 0 Å². The average Bonchev–Trinajstić information content (AvgIpc) is 2.02. The van der Waals surface area contributed by atoms with E-state index in [2.05, 4.69) is 53.6 Å². The largest absolute Gasteiger partial charge is 0.244 e. The molecule has 1 aromatic heterocycles. The Morgan fingerprint density at radius 3 is 2.46 bits per heavy atom. The summed E-state index contributed by atoms with van der Waals surface area (Å²) >= 11 is 3.46. The molecule has 0 bridgehead atoms. The summed E-state index contributed by atoms with van der Waals surface area (Å²) in [5.74, 6) is 0.421. The van der Waals surface area contributed by atoms with Crippen LogP contribution in [0.25, 0.3) is 0 Å². The van der Waals surface area contributed by atoms with Crippen molar-refractivity contribution in [3.05, 3.63) is 22.7 Å². The van der Waals surface area contributed by atoms with E-state index in [-0.39, 0.29) is 5.41 Å². The number of hydrogen-bond acceptors (Lipinski definition) is 2. The fourth-order valence-corrected chi connectivity index (χ4v) is 1.61. The first-order chi connectivity index (χ1) is 5.93. The molecule has 0 fully saturated rings. The minimum atomic E-state index is 0.233. The predicted molar refractivity (Wildman–Crippen MR) is 57.6 cm³/mol. The predicted octanol–water partition coefficient (Wildman–Crippen LogP) is 3.39. The molecule has 1 aromatic rings. The van der Waals surface area contributed by atoms with Crippen LogP contribution in [0.2, 0.25) is 0 Å². The summed E-state index contributed by atoms with van der Waals surface area (Å²) in [6, 6.07) is 0. The average molecular weight is 243 g/mol. The topological polar surface area (TPSA) is 25.8 Å². The Balaban J connectivity index is 3.02. The Labute approximate surface area is 87.9 Å². The number of hydrogen-bond donors (Lipinski definition) is 0. The number of halogens is 1. The third kappa shape index (κ3) is 2.50. The van der Waals surface area contributed by atoms with Gasteiger partial charge < -0.3 is 0 Å². The molecule has 0 aliphatic heterocycles. The molecule has 0 saturated heterocycles. The smallest absolute Gasteiger partial charge is 0.115 e. The lowest BCUT2D eigenvalue weighted by molar-refractivity contribution is 0.333. The van der Waals surface area contributed by atoms with Crippen molar-refractivity contribution in [1.29, 1.82) is 0 Å². The van der Waals surface area contributed by atoms with Crippen molar-refractivity contribution in [2.45, 2.75) is 33.6 Å². The quantitative estimate of drug-likeness (QED) is 0.755. The summed E-state index contributed by atoms with van der Waals surface area (Å²) in [5.41, 5.74) is 1.32. The van der Waals surface area contributed by atoms with Gasteiger partial charge in [-0.25, -0.2) is 9.97 Å². The summed E-state index contributed by atoms with van der Waals surface area (Å²) in [6.07, 6.45) is 3.40. The molecule has 0 aliphatic carbocycles. The van der Waals surface area contributed by atoms with Gasteiger partial charge in [0.25, 0.3) is 0 Å². The van der Waals surface area contributed by atoms with Crippen molar-refractivity contribution in [1.82, 2.24) is 9.97 Å². The molecule has 0 amide bonds. The second kappa shape index (κ2) is 3.74. The number of aromatic nitrogens is 2. The molecule has 2 nitrogen and oxygen atoms in total. The van der Waals surface area contributed by atoms with E-state index >= 15 is 0 Å². The molecule has 3 heteroatoms. The van der Waals surface area contributed by atoms with Gasteiger partial charge in [0.15, 0.2) is 0 Å². The molecule has 1 heterocycles. The van der Waals surface area contributed by atoms with Gasteiger partial charge in [0.05, 0.1) is 10.2 Å². The normalized spacial score (nSPS) is 14.2. The van der Waals surface area contributed by atoms with Crippen molar-refractivity contribution in [2.24, 2.45) is 5.41 Å². The molecular weight excluding hydrogens is 228 g/mol. The van der Waals surface area contributed by atoms with E-state index in [1.807, 2.05) is 0 Å². The highest BCUT2D eigenvalue weighted by molar-refractivity contribution is 9.10. The Kier molecular flexibility index (Phi) is 3.06. The first-order valence-corrected chi connectivity index (χ1v) is 5.17. The van der Waals surface area contributed by atoms with Crippen LogP contribution in [0, 0.1) is 5.41 Å². The summed E-state index contributed by atoms with van der Waals surface area (Å²) < 4.78 is 0.998. The van der Waals surface area contributed by atoms with E-state index in [1.54, 1.807) is 12.5 Å². The third-order valence-corrected chi connectivity index (χ3v) is 3.02. The highest BCUT2D eigenvalue weighted by Gasteiger charge is 2.24. The SMILES string of the molecule is CC(c1ncncc1Br)C(C)(C)C. The van der Waals surface area contributed by atoms with Gasteiger partial charge >= 0.3 is 0 Å². The molecule has 0 saturated carbocycles. The van der Waals surface area contributed by atoms with Crippen LogP contribution < -0.4 is 0 Å². The van der Waals surface area contributed by atoms with Crippen molar-refractivity contribution >= 4 is 15.9 Å². The van der Waals surface area contributed by atoms with Gasteiger partial charge in [0.1, 0.15) is 6.33 Å². The maximum Gasteiger partial charge on any atom is 0.115 e. The van der Waals surface area contributed by atoms with Crippen LogP contribution in [0.15, 0.2) is 17.0 Å². The molecule has 0 N–H and O–H groups in total. The first-order valence-electron chi connectivity index (χ1n) is 4.38. The van der Waals surface area contributed by atoms with Crippen LogP contribution in [0.4, 0.5) is 0 Å². The summed E-state index contributed by atoms with van der Waals surface area (Å²) in [4.78, 5) is 8.24. The second-order valence-electron chi connectivity index (χ2n) is 4.34. The summed E-state index contributed by atoms with van der Waals surface area (Å²) in [5, 5.41) is 0. The van der Waals surface area contributed by atoms with E-state index in [0.717, 1.165) is 10.2 Å². The van der Waals surface area contributed by atoms with Crippen molar-refractivity contribution in [3.8, 4) is 0 Å². The molecule has 1 unspecified atom stereocenters. The molecule has 0 radical (unpaired) electrons. The van der Waals surface area contributed by atoms with Crippen LogP contribution in [0.1, 0.15) is 39.3 Å². The van der Waals surface area contributed by atoms with Crippen molar-refractivity contribution in [3.63, 3.8) is 0 Å². The van der Waals surface area contributed by atoms with Crippen LogP contribution in [-0.4, -0.2) is 9.97 Å². The minimum absolute atomic E-state index is 0.233. The lowest BCUT2D eigenvalue weighted by Gasteiger charge is -2.27. The van der Waals surface area contributed by atoms with Crippen molar-refractivity contribution in [2.75, 3.05) is 0 Å². The standard InChI is InChI=1S/C10H15BrN2/c1-7(10(2,3)4)9-8(11)5-12-6-13-9/h5-7H,1-4H3. The maximum absolute atomic E-state index is 4.29. The Morgan fingerprint density at radius 2 is 2.00 bits per heavy atom. The van der Waals surface area contributed by atoms with Gasteiger partial charge in [-0.3, -0.25) is 0 Å². The van der Waals surface area contributed by atoms with Gasteiger partial charge in [-0.1, -0.05) is 27.7 Å². The van der Waals surface area contributed by atoms with E-state index in [1.165, 1.54) is 0 Å². The Morgan fingerprint density at radius 1 is 1.38 bits per heavy atom. The lowest BCUT2D eigenvalue weighted by Crippen LogP contribution is -2.17. The van der Waals surface area contributed by atoms with Gasteiger partial charge in [-0.05, 0) is 21.3 Å². The van der Waals surface area contributed by atoms with E-state index in [0.29, 0.717) is 5.92 Å². The van der Waals surface area contributed by atoms with E-state index in [4.69, 9.17) is 0 Å². The van der Waals surface area contributed by atoms with Gasteiger partial charge in [-0.2, -0.15) is 0 Å². The second-order valence-corrected chi connectivity index (χ2v) is 5.20. The molecule has 72 valence electrons. The Hall–Kier alpha value is -0.440. The summed E-state index contributed by atoms with van der Waals surface area (Å²) in [6.45, 7) is 8.83. The first kappa shape index (κ1) is 10.6. The lowest BCUT2D eigenvalue weighted by atomic mass is 9.80. The van der Waals surface area contributed by atoms with Crippen molar-refractivity contribution < 1.29 is 0 Å². The van der Waals surface area contributed by atoms with Crippen LogP contribution >= 0.6 is 15.9 Å². The molecule has 1 atom stereocenters. The van der Waals surface area contributed by atoms with Gasteiger partial charge in [0, 0.05) is 12.1 Å². The molecular formula is C10H15BrN2. The van der Waals surface area contributed by atoms with E-state index in [9.17, 15) is 0 Å². The minimum Gasteiger partial charge on any atom is -0.244 e. The zero-order valence-corrected chi connectivity index (χ0v) is 10.1. The fraction of sp³-hybridized carbons (Fsp3) is 0.600. The molecule has 13 heavy (non-hydrogen) atoms. The molecule has 0 aliphatic rings. The highest BCUT2D eigenvalue weighted by Crippen LogP contribution is 2.35. The van der Waals surface area contributed by atoms with Crippen LogP contribution in [-0.2, 0) is 0 Å².